The molecule has 7 heteroatoms. The van der Waals surface area contributed by atoms with Crippen LogP contribution in [-0.4, -0.2) is 36.2 Å². The van der Waals surface area contributed by atoms with Gasteiger partial charge in [-0.3, -0.25) is 14.4 Å². The predicted molar refractivity (Wildman–Crippen MR) is 128 cm³/mol. The summed E-state index contributed by atoms with van der Waals surface area (Å²) in [7, 11) is 0. The van der Waals surface area contributed by atoms with Gasteiger partial charge < -0.3 is 15.4 Å². The van der Waals surface area contributed by atoms with Crippen molar-refractivity contribution in [2.24, 2.45) is 11.8 Å². The Kier molecular flexibility index (Phi) is 8.96. The van der Waals surface area contributed by atoms with Crippen molar-refractivity contribution in [3.8, 4) is 0 Å². The summed E-state index contributed by atoms with van der Waals surface area (Å²) >= 11 is 0. The highest BCUT2D eigenvalue weighted by molar-refractivity contribution is 6.37. The van der Waals surface area contributed by atoms with Crippen molar-refractivity contribution >= 4 is 23.6 Å². The number of carbonyl (C=O) groups excluding carboxylic acids is 4. The molecular formula is C27H32N2O5. The molecule has 0 aromatic heterocycles. The minimum Gasteiger partial charge on any atom is -0.445 e. The second kappa shape index (κ2) is 12.1. The van der Waals surface area contributed by atoms with Gasteiger partial charge in [-0.1, -0.05) is 68.4 Å². The smallest absolute Gasteiger partial charge is 0.408 e. The molecule has 2 amide bonds. The minimum atomic E-state index is -0.830. The lowest BCUT2D eigenvalue weighted by molar-refractivity contribution is -0.141. The van der Waals surface area contributed by atoms with Gasteiger partial charge in [0.1, 0.15) is 6.61 Å². The van der Waals surface area contributed by atoms with Gasteiger partial charge in [-0.15, -0.1) is 0 Å². The van der Waals surface area contributed by atoms with E-state index in [1.54, 1.807) is 0 Å². The number of hydrogen-bond donors (Lipinski definition) is 2. The number of fused-ring (bicyclic) bond motifs is 2. The van der Waals surface area contributed by atoms with Crippen LogP contribution in [0.5, 0.6) is 0 Å². The molecule has 0 radical (unpaired) electrons. The first-order valence-electron chi connectivity index (χ1n) is 11.7. The van der Waals surface area contributed by atoms with E-state index in [2.05, 4.69) is 10.6 Å². The molecule has 2 N–H and O–H groups in total. The van der Waals surface area contributed by atoms with Crippen molar-refractivity contribution in [3.05, 3.63) is 71.3 Å². The van der Waals surface area contributed by atoms with Crippen molar-refractivity contribution in [1.29, 1.82) is 0 Å². The summed E-state index contributed by atoms with van der Waals surface area (Å²) in [6.07, 6.45) is 0.982. The lowest BCUT2D eigenvalue weighted by Crippen LogP contribution is -2.46. The first-order valence-corrected chi connectivity index (χ1v) is 11.7. The molecule has 0 fully saturated rings. The van der Waals surface area contributed by atoms with E-state index in [-0.39, 0.29) is 31.1 Å². The largest absolute Gasteiger partial charge is 0.445 e. The van der Waals surface area contributed by atoms with Gasteiger partial charge in [0.15, 0.2) is 5.78 Å². The van der Waals surface area contributed by atoms with Crippen molar-refractivity contribution in [3.63, 3.8) is 0 Å². The van der Waals surface area contributed by atoms with Crippen LogP contribution in [0.2, 0.25) is 0 Å². The Morgan fingerprint density at radius 2 is 1.79 bits per heavy atom. The second-order valence-electron chi connectivity index (χ2n) is 9.04. The first kappa shape index (κ1) is 25.1. The lowest BCUT2D eigenvalue weighted by atomic mass is 9.86. The van der Waals surface area contributed by atoms with E-state index in [0.29, 0.717) is 6.54 Å². The molecule has 0 saturated carbocycles. The van der Waals surface area contributed by atoms with E-state index in [1.807, 2.05) is 68.4 Å². The van der Waals surface area contributed by atoms with E-state index in [4.69, 9.17) is 4.74 Å². The summed E-state index contributed by atoms with van der Waals surface area (Å²) in [6, 6.07) is 16.3. The van der Waals surface area contributed by atoms with E-state index in [1.165, 1.54) is 0 Å². The Morgan fingerprint density at radius 1 is 1.06 bits per heavy atom. The Hall–Kier alpha value is -3.48. The number of hydrogen-bond acceptors (Lipinski definition) is 5. The molecule has 1 aliphatic heterocycles. The Morgan fingerprint density at radius 3 is 2.53 bits per heavy atom. The zero-order chi connectivity index (χ0) is 24.5. The van der Waals surface area contributed by atoms with E-state index in [0.717, 1.165) is 29.5 Å². The molecular weight excluding hydrogens is 432 g/mol. The van der Waals surface area contributed by atoms with Gasteiger partial charge in [0, 0.05) is 18.9 Å². The average molecular weight is 465 g/mol. The molecule has 1 heterocycles. The number of rotatable bonds is 7. The van der Waals surface area contributed by atoms with Crippen molar-refractivity contribution in [1.82, 2.24) is 10.6 Å². The summed E-state index contributed by atoms with van der Waals surface area (Å²) in [4.78, 5) is 50.9. The third-order valence-electron chi connectivity index (χ3n) is 5.94. The van der Waals surface area contributed by atoms with Gasteiger partial charge in [0.05, 0.1) is 6.04 Å². The predicted octanol–water partition coefficient (Wildman–Crippen LogP) is 3.39. The van der Waals surface area contributed by atoms with E-state index in [9.17, 15) is 19.2 Å². The summed E-state index contributed by atoms with van der Waals surface area (Å²) in [5.41, 5.74) is 2.88. The van der Waals surface area contributed by atoms with E-state index >= 15 is 0 Å². The average Bonchev–Trinajstić information content (AvgIpc) is 2.84. The maximum Gasteiger partial charge on any atom is 0.408 e. The number of ether oxygens (including phenoxy) is 1. The normalized spacial score (nSPS) is 17.3. The number of aryl methyl sites for hydroxylation is 1. The maximum absolute atomic E-state index is 13.2. The molecule has 0 aliphatic carbocycles. The zero-order valence-electron chi connectivity index (χ0n) is 19.7. The van der Waals surface area contributed by atoms with E-state index < -0.39 is 29.7 Å². The van der Waals surface area contributed by atoms with Gasteiger partial charge in [-0.2, -0.15) is 0 Å². The van der Waals surface area contributed by atoms with Crippen molar-refractivity contribution in [2.75, 3.05) is 6.54 Å². The van der Waals surface area contributed by atoms with Gasteiger partial charge in [-0.05, 0) is 41.9 Å². The minimum absolute atomic E-state index is 0.0866. The van der Waals surface area contributed by atoms with Gasteiger partial charge in [0.25, 0.3) is 5.91 Å². The number of benzene rings is 2. The summed E-state index contributed by atoms with van der Waals surface area (Å²) in [6.45, 7) is 4.12. The summed E-state index contributed by atoms with van der Waals surface area (Å²) in [5.74, 6) is -2.58. The van der Waals surface area contributed by atoms with Crippen LogP contribution in [0, 0.1) is 11.8 Å². The standard InChI is InChI=1S/C27H32N2O5/c1-18(2)24(29-27(33)34-17-20-8-4-3-5-9-20)23(30)16-22-15-21-11-6-10-19(14-21)12-7-13-28-26(32)25(22)31/h3-6,8-11,14,18,22,24H,7,12-13,15-17H2,1-2H3,(H,28,32)(H,29,33). The van der Waals surface area contributed by atoms with Crippen LogP contribution in [0.15, 0.2) is 54.6 Å². The van der Waals surface area contributed by atoms with Crippen LogP contribution in [0.25, 0.3) is 0 Å². The van der Waals surface area contributed by atoms with Gasteiger partial charge >= 0.3 is 6.09 Å². The zero-order valence-corrected chi connectivity index (χ0v) is 19.7. The Bertz CT molecular complexity index is 1020. The fourth-order valence-electron chi connectivity index (χ4n) is 4.10. The Labute approximate surface area is 200 Å². The quantitative estimate of drug-likeness (QED) is 0.612. The number of ketones is 2. The topological polar surface area (TPSA) is 102 Å². The third kappa shape index (κ3) is 7.27. The monoisotopic (exact) mass is 464 g/mol. The molecule has 2 atom stereocenters. The van der Waals surface area contributed by atoms with Gasteiger partial charge in [0.2, 0.25) is 5.78 Å². The molecule has 2 aromatic rings. The molecule has 0 saturated heterocycles. The number of Topliss-reactive ketones (excluding diaryl/α,β-unsaturated/α-hetero) is 2. The highest BCUT2D eigenvalue weighted by Gasteiger charge is 2.32. The number of nitrogens with one attached hydrogen (secondary N) is 2. The fourth-order valence-corrected chi connectivity index (χ4v) is 4.10. The van der Waals surface area contributed by atoms with Crippen LogP contribution in [-0.2, 0) is 38.6 Å². The number of alkyl carbamates (subject to hydrolysis) is 1. The highest BCUT2D eigenvalue weighted by Crippen LogP contribution is 2.20. The molecule has 0 spiro atoms. The Balaban J connectivity index is 1.69. The summed E-state index contributed by atoms with van der Waals surface area (Å²) < 4.78 is 5.26. The fraction of sp³-hybridized carbons (Fsp3) is 0.407. The molecule has 7 nitrogen and oxygen atoms in total. The highest BCUT2D eigenvalue weighted by atomic mass is 16.5. The molecule has 2 aromatic carbocycles. The molecule has 180 valence electrons. The van der Waals surface area contributed by atoms with Crippen LogP contribution in [0.1, 0.15) is 43.4 Å². The second-order valence-corrected chi connectivity index (χ2v) is 9.04. The summed E-state index contributed by atoms with van der Waals surface area (Å²) in [5, 5.41) is 5.31. The van der Waals surface area contributed by atoms with Crippen molar-refractivity contribution < 1.29 is 23.9 Å². The molecule has 2 unspecified atom stereocenters. The van der Waals surface area contributed by atoms with Gasteiger partial charge in [-0.25, -0.2) is 4.79 Å². The SMILES string of the molecule is CC(C)C(NC(=O)OCc1ccccc1)C(=O)CC1Cc2cccc(c2)CCCNC(=O)C1=O. The first-order chi connectivity index (χ1) is 16.3. The van der Waals surface area contributed by atoms with Crippen molar-refractivity contribution in [2.45, 2.75) is 52.2 Å². The molecule has 2 bridgehead atoms. The maximum atomic E-state index is 13.2. The number of carbonyl (C=O) groups is 4. The van der Waals surface area contributed by atoms with Crippen LogP contribution in [0.3, 0.4) is 0 Å². The van der Waals surface area contributed by atoms with Crippen LogP contribution in [0.4, 0.5) is 4.79 Å². The van der Waals surface area contributed by atoms with Crippen LogP contribution < -0.4 is 10.6 Å². The number of amides is 2. The third-order valence-corrected chi connectivity index (χ3v) is 5.94. The lowest BCUT2D eigenvalue weighted by Gasteiger charge is -2.23. The van der Waals surface area contributed by atoms with Crippen LogP contribution >= 0.6 is 0 Å². The molecule has 1 aliphatic rings. The molecule has 34 heavy (non-hydrogen) atoms. The molecule has 3 rings (SSSR count).